The lowest BCUT2D eigenvalue weighted by Crippen LogP contribution is -1.83. The van der Waals surface area contributed by atoms with Crippen LogP contribution in [0, 0.1) is 11.3 Å². The zero-order valence-electron chi connectivity index (χ0n) is 7.33. The van der Waals surface area contributed by atoms with Crippen LogP contribution in [0.2, 0.25) is 0 Å². The van der Waals surface area contributed by atoms with E-state index in [9.17, 15) is 0 Å². The molecular weight excluding hydrogens is 244 g/mol. The molecule has 0 N–H and O–H groups in total. The van der Waals surface area contributed by atoms with Gasteiger partial charge in [0.15, 0.2) is 5.58 Å². The number of oxazole rings is 1. The third kappa shape index (κ3) is 1.51. The van der Waals surface area contributed by atoms with Gasteiger partial charge in [0.2, 0.25) is 5.89 Å². The van der Waals surface area contributed by atoms with Crippen LogP contribution in [0.25, 0.3) is 11.1 Å². The molecule has 70 valence electrons. The number of para-hydroxylation sites is 1. The van der Waals surface area contributed by atoms with E-state index < -0.39 is 0 Å². The minimum Gasteiger partial charge on any atom is -0.440 e. The Hall–Kier alpha value is -1.34. The highest BCUT2D eigenvalue weighted by molar-refractivity contribution is 9.08. The molecule has 0 saturated carbocycles. The third-order valence-electron chi connectivity index (χ3n) is 1.93. The summed E-state index contributed by atoms with van der Waals surface area (Å²) in [6.45, 7) is 0. The Morgan fingerprint density at radius 3 is 3.07 bits per heavy atom. The summed E-state index contributed by atoms with van der Waals surface area (Å²) in [6, 6.07) is 7.73. The van der Waals surface area contributed by atoms with Gasteiger partial charge < -0.3 is 4.42 Å². The van der Waals surface area contributed by atoms with Crippen LogP contribution in [-0.2, 0) is 11.8 Å². The van der Waals surface area contributed by atoms with Crippen molar-refractivity contribution in [1.82, 2.24) is 4.98 Å². The predicted octanol–water partition coefficient (Wildman–Crippen LogP) is 2.79. The molecule has 1 heterocycles. The number of alkyl halides is 1. The molecule has 0 radical (unpaired) electrons. The maximum Gasteiger partial charge on any atom is 0.206 e. The minimum absolute atomic E-state index is 0.367. The van der Waals surface area contributed by atoms with Gasteiger partial charge in [0.25, 0.3) is 0 Å². The third-order valence-corrected chi connectivity index (χ3v) is 2.41. The van der Waals surface area contributed by atoms with E-state index in [0.717, 1.165) is 16.7 Å². The second-order valence-electron chi connectivity index (χ2n) is 2.84. The average molecular weight is 251 g/mol. The van der Waals surface area contributed by atoms with Gasteiger partial charge in [-0.2, -0.15) is 5.26 Å². The number of nitrogens with zero attached hydrogens (tertiary/aromatic N) is 2. The van der Waals surface area contributed by atoms with Gasteiger partial charge in [-0.15, -0.1) is 0 Å². The molecule has 0 aliphatic heterocycles. The van der Waals surface area contributed by atoms with E-state index in [1.54, 1.807) is 0 Å². The molecular formula is C10H7BrN2O. The van der Waals surface area contributed by atoms with Gasteiger partial charge in [-0.1, -0.05) is 28.1 Å². The van der Waals surface area contributed by atoms with Crippen LogP contribution in [0.1, 0.15) is 11.5 Å². The first-order valence-electron chi connectivity index (χ1n) is 4.15. The van der Waals surface area contributed by atoms with Crippen molar-refractivity contribution in [3.63, 3.8) is 0 Å². The molecule has 0 spiro atoms. The second kappa shape index (κ2) is 3.81. The number of halogens is 1. The zero-order chi connectivity index (χ0) is 9.97. The number of benzene rings is 1. The van der Waals surface area contributed by atoms with Gasteiger partial charge in [0.05, 0.1) is 17.8 Å². The van der Waals surface area contributed by atoms with Crippen LogP contribution < -0.4 is 0 Å². The monoisotopic (exact) mass is 250 g/mol. The smallest absolute Gasteiger partial charge is 0.206 e. The number of hydrogen-bond acceptors (Lipinski definition) is 3. The molecule has 2 rings (SSSR count). The first kappa shape index (κ1) is 9.22. The van der Waals surface area contributed by atoms with Crippen molar-refractivity contribution in [3.8, 4) is 6.07 Å². The lowest BCUT2D eigenvalue weighted by molar-refractivity contribution is 0.557. The number of nitriles is 1. The van der Waals surface area contributed by atoms with Crippen LogP contribution in [0.3, 0.4) is 0 Å². The van der Waals surface area contributed by atoms with Crippen LogP contribution in [0.5, 0.6) is 0 Å². The molecule has 0 fully saturated rings. The molecule has 0 unspecified atom stereocenters. The van der Waals surface area contributed by atoms with Gasteiger partial charge in [-0.25, -0.2) is 4.98 Å². The lowest BCUT2D eigenvalue weighted by Gasteiger charge is -1.92. The quantitative estimate of drug-likeness (QED) is 0.771. The fourth-order valence-electron chi connectivity index (χ4n) is 1.34. The normalized spacial score (nSPS) is 10.3. The van der Waals surface area contributed by atoms with Gasteiger partial charge >= 0.3 is 0 Å². The molecule has 0 saturated heterocycles. The average Bonchev–Trinajstić information content (AvgIpc) is 2.62. The molecule has 1 aromatic heterocycles. The highest BCUT2D eigenvalue weighted by Gasteiger charge is 2.07. The summed E-state index contributed by atoms with van der Waals surface area (Å²) in [4.78, 5) is 4.29. The van der Waals surface area contributed by atoms with Crippen LogP contribution >= 0.6 is 15.9 Å². The SMILES string of the molecule is N#CCc1cccc2oc(CBr)nc12. The second-order valence-corrected chi connectivity index (χ2v) is 3.40. The Morgan fingerprint density at radius 2 is 2.36 bits per heavy atom. The molecule has 0 atom stereocenters. The summed E-state index contributed by atoms with van der Waals surface area (Å²) < 4.78 is 5.44. The largest absolute Gasteiger partial charge is 0.440 e. The van der Waals surface area contributed by atoms with Crippen LogP contribution in [0.15, 0.2) is 22.6 Å². The van der Waals surface area contributed by atoms with Crippen molar-refractivity contribution in [2.45, 2.75) is 11.8 Å². The van der Waals surface area contributed by atoms with E-state index >= 15 is 0 Å². The predicted molar refractivity (Wildman–Crippen MR) is 56.0 cm³/mol. The standard InChI is InChI=1S/C10H7BrN2O/c11-6-9-13-10-7(4-5-12)2-1-3-8(10)14-9/h1-3H,4,6H2. The fraction of sp³-hybridized carbons (Fsp3) is 0.200. The maximum atomic E-state index is 8.63. The molecule has 0 bridgehead atoms. The van der Waals surface area contributed by atoms with Gasteiger partial charge in [-0.3, -0.25) is 0 Å². The van der Waals surface area contributed by atoms with E-state index in [4.69, 9.17) is 9.68 Å². The van der Waals surface area contributed by atoms with Crippen molar-refractivity contribution in [2.24, 2.45) is 0 Å². The molecule has 4 heteroatoms. The summed E-state index contributed by atoms with van der Waals surface area (Å²) in [6.07, 6.45) is 0.367. The Balaban J connectivity index is 2.62. The number of fused-ring (bicyclic) bond motifs is 1. The Labute approximate surface area is 89.5 Å². The molecule has 3 nitrogen and oxygen atoms in total. The maximum absolute atomic E-state index is 8.63. The Morgan fingerprint density at radius 1 is 1.50 bits per heavy atom. The fourth-order valence-corrected chi connectivity index (χ4v) is 1.58. The lowest BCUT2D eigenvalue weighted by atomic mass is 10.1. The molecule has 0 amide bonds. The summed E-state index contributed by atoms with van der Waals surface area (Å²) in [5.74, 6) is 0.644. The molecule has 14 heavy (non-hydrogen) atoms. The van der Waals surface area contributed by atoms with E-state index in [-0.39, 0.29) is 0 Å². The van der Waals surface area contributed by atoms with Gasteiger partial charge in [-0.05, 0) is 11.6 Å². The summed E-state index contributed by atoms with van der Waals surface area (Å²) in [5, 5.41) is 9.22. The topological polar surface area (TPSA) is 49.8 Å². The molecule has 2 aromatic rings. The van der Waals surface area contributed by atoms with E-state index in [0.29, 0.717) is 17.6 Å². The summed E-state index contributed by atoms with van der Waals surface area (Å²) in [7, 11) is 0. The van der Waals surface area contributed by atoms with Crippen LogP contribution in [-0.4, -0.2) is 4.98 Å². The highest BCUT2D eigenvalue weighted by Crippen LogP contribution is 2.20. The zero-order valence-corrected chi connectivity index (χ0v) is 8.91. The Bertz CT molecular complexity index is 498. The van der Waals surface area contributed by atoms with Crippen molar-refractivity contribution in [2.75, 3.05) is 0 Å². The van der Waals surface area contributed by atoms with Crippen molar-refractivity contribution >= 4 is 27.0 Å². The first-order valence-corrected chi connectivity index (χ1v) is 5.27. The number of rotatable bonds is 2. The van der Waals surface area contributed by atoms with Gasteiger partial charge in [0, 0.05) is 0 Å². The number of aromatic nitrogens is 1. The van der Waals surface area contributed by atoms with E-state index in [2.05, 4.69) is 27.0 Å². The van der Waals surface area contributed by atoms with Crippen molar-refractivity contribution in [3.05, 3.63) is 29.7 Å². The van der Waals surface area contributed by atoms with Gasteiger partial charge in [0.1, 0.15) is 5.52 Å². The van der Waals surface area contributed by atoms with E-state index in [1.807, 2.05) is 18.2 Å². The summed E-state index contributed by atoms with van der Waals surface area (Å²) >= 11 is 3.28. The minimum atomic E-state index is 0.367. The molecule has 0 aliphatic carbocycles. The number of hydrogen-bond donors (Lipinski definition) is 0. The van der Waals surface area contributed by atoms with Crippen LogP contribution in [0.4, 0.5) is 0 Å². The van der Waals surface area contributed by atoms with E-state index in [1.165, 1.54) is 0 Å². The molecule has 0 aliphatic rings. The summed E-state index contributed by atoms with van der Waals surface area (Å²) in [5.41, 5.74) is 2.46. The highest BCUT2D eigenvalue weighted by atomic mass is 79.9. The Kier molecular flexibility index (Phi) is 2.51. The molecule has 1 aromatic carbocycles. The van der Waals surface area contributed by atoms with Crippen molar-refractivity contribution < 1.29 is 4.42 Å². The van der Waals surface area contributed by atoms with Crippen molar-refractivity contribution in [1.29, 1.82) is 5.26 Å². The first-order chi connectivity index (χ1) is 6.85.